The molecule has 0 aliphatic rings. The van der Waals surface area contributed by atoms with E-state index in [1.807, 2.05) is 37.5 Å². The number of nitrogens with one attached hydrogen (secondary N) is 1. The molecule has 5 nitrogen and oxygen atoms in total. The second-order valence-corrected chi connectivity index (χ2v) is 9.86. The number of aromatic nitrogens is 3. The summed E-state index contributed by atoms with van der Waals surface area (Å²) < 4.78 is 16.1. The largest absolute Gasteiger partial charge is 0.325 e. The van der Waals surface area contributed by atoms with Gasteiger partial charge in [-0.15, -0.1) is 22.0 Å². The van der Waals surface area contributed by atoms with E-state index >= 15 is 0 Å². The lowest BCUT2D eigenvalue weighted by Crippen LogP contribution is -2.16. The number of halogens is 2. The van der Waals surface area contributed by atoms with Crippen LogP contribution in [0.4, 0.5) is 10.1 Å². The fourth-order valence-corrected chi connectivity index (χ4v) is 5.54. The van der Waals surface area contributed by atoms with Crippen LogP contribution in [0.25, 0.3) is 0 Å². The Labute approximate surface area is 198 Å². The van der Waals surface area contributed by atoms with E-state index in [4.69, 9.17) is 0 Å². The zero-order chi connectivity index (χ0) is 22.4. The Morgan fingerprint density at radius 2 is 1.81 bits per heavy atom. The van der Waals surface area contributed by atoms with Gasteiger partial charge in [-0.05, 0) is 61.7 Å². The minimum Gasteiger partial charge on any atom is -0.325 e. The molecule has 3 rings (SSSR count). The highest BCUT2D eigenvalue weighted by molar-refractivity contribution is 9.10. The van der Waals surface area contributed by atoms with Crippen molar-refractivity contribution < 1.29 is 9.18 Å². The summed E-state index contributed by atoms with van der Waals surface area (Å²) >= 11 is 6.56. The summed E-state index contributed by atoms with van der Waals surface area (Å²) in [4.78, 5) is 12.5. The number of thioether (sulfide) groups is 2. The fourth-order valence-electron chi connectivity index (χ4n) is 3.10. The Morgan fingerprint density at radius 1 is 1.13 bits per heavy atom. The van der Waals surface area contributed by atoms with Gasteiger partial charge < -0.3 is 9.88 Å². The molecule has 3 aromatic rings. The third-order valence-corrected chi connectivity index (χ3v) is 7.04. The van der Waals surface area contributed by atoms with Gasteiger partial charge in [-0.2, -0.15) is 0 Å². The quantitative estimate of drug-likeness (QED) is 0.350. The van der Waals surface area contributed by atoms with Gasteiger partial charge in [0.15, 0.2) is 5.16 Å². The van der Waals surface area contributed by atoms with E-state index < -0.39 is 0 Å². The number of nitrogens with zero attached hydrogens (tertiary/aromatic N) is 3. The molecule has 0 fully saturated rings. The van der Waals surface area contributed by atoms with Gasteiger partial charge in [0.25, 0.3) is 0 Å². The van der Waals surface area contributed by atoms with Crippen LogP contribution < -0.4 is 5.32 Å². The highest BCUT2D eigenvalue weighted by atomic mass is 79.9. The number of anilines is 1. The van der Waals surface area contributed by atoms with Crippen LogP contribution in [-0.2, 0) is 22.8 Å². The van der Waals surface area contributed by atoms with E-state index in [9.17, 15) is 9.18 Å². The molecule has 31 heavy (non-hydrogen) atoms. The van der Waals surface area contributed by atoms with Crippen molar-refractivity contribution in [2.75, 3.05) is 11.1 Å². The normalized spacial score (nSPS) is 11.0. The number of rotatable bonds is 9. The Hall–Kier alpha value is -1.84. The first-order chi connectivity index (χ1) is 14.9. The van der Waals surface area contributed by atoms with Crippen molar-refractivity contribution in [2.45, 2.75) is 44.0 Å². The molecule has 0 aliphatic heterocycles. The first-order valence-corrected chi connectivity index (χ1v) is 12.7. The number of carbonyl (C=O) groups excluding carboxylic acids is 1. The number of hydrogen-bond acceptors (Lipinski definition) is 5. The molecule has 1 N–H and O–H groups in total. The Kier molecular flexibility index (Phi) is 8.57. The highest BCUT2D eigenvalue weighted by Gasteiger charge is 2.14. The monoisotopic (exact) mass is 522 g/mol. The average Bonchev–Trinajstić information content (AvgIpc) is 3.12. The summed E-state index contributed by atoms with van der Waals surface area (Å²) in [5.74, 6) is 2.30. The number of aryl methyl sites for hydroxylation is 2. The van der Waals surface area contributed by atoms with Gasteiger partial charge in [-0.25, -0.2) is 4.39 Å². The van der Waals surface area contributed by atoms with E-state index in [1.54, 1.807) is 23.9 Å². The van der Waals surface area contributed by atoms with E-state index in [2.05, 4.69) is 31.4 Å². The summed E-state index contributed by atoms with van der Waals surface area (Å²) in [7, 11) is 0. The molecule has 0 bridgehead atoms. The van der Waals surface area contributed by atoms with Crippen molar-refractivity contribution in [1.82, 2.24) is 14.8 Å². The van der Waals surface area contributed by atoms with Crippen molar-refractivity contribution >= 4 is 51.0 Å². The molecule has 0 unspecified atom stereocenters. The van der Waals surface area contributed by atoms with Gasteiger partial charge in [0.1, 0.15) is 11.6 Å². The molecule has 0 saturated heterocycles. The van der Waals surface area contributed by atoms with Crippen molar-refractivity contribution in [1.29, 1.82) is 0 Å². The Bertz CT molecular complexity index is 1030. The van der Waals surface area contributed by atoms with Gasteiger partial charge in [-0.1, -0.05) is 39.8 Å². The SMILES string of the molecule is CCn1c(CSCc2ccc(F)cc2)nnc1SCC(=O)Nc1c(C)cc(Br)cc1C. The van der Waals surface area contributed by atoms with Crippen LogP contribution in [0.3, 0.4) is 0 Å². The van der Waals surface area contributed by atoms with Crippen molar-refractivity contribution in [2.24, 2.45) is 0 Å². The van der Waals surface area contributed by atoms with E-state index in [-0.39, 0.29) is 17.5 Å². The maximum absolute atomic E-state index is 13.0. The molecule has 0 spiro atoms. The topological polar surface area (TPSA) is 59.8 Å². The van der Waals surface area contributed by atoms with Crippen LogP contribution in [0.1, 0.15) is 29.4 Å². The minimum absolute atomic E-state index is 0.0728. The van der Waals surface area contributed by atoms with E-state index in [0.29, 0.717) is 5.75 Å². The smallest absolute Gasteiger partial charge is 0.234 e. The van der Waals surface area contributed by atoms with Gasteiger partial charge in [0, 0.05) is 22.5 Å². The fraction of sp³-hybridized carbons (Fsp3) is 0.318. The molecule has 1 heterocycles. The predicted molar refractivity (Wildman–Crippen MR) is 130 cm³/mol. The van der Waals surface area contributed by atoms with Crippen LogP contribution in [0, 0.1) is 19.7 Å². The number of carbonyl (C=O) groups is 1. The first-order valence-electron chi connectivity index (χ1n) is 9.81. The summed E-state index contributed by atoms with van der Waals surface area (Å²) in [6, 6.07) is 10.5. The van der Waals surface area contributed by atoms with Crippen LogP contribution in [0.15, 0.2) is 46.0 Å². The van der Waals surface area contributed by atoms with E-state index in [0.717, 1.165) is 50.1 Å². The summed E-state index contributed by atoms with van der Waals surface area (Å²) in [5.41, 5.74) is 3.95. The zero-order valence-electron chi connectivity index (χ0n) is 17.6. The van der Waals surface area contributed by atoms with Gasteiger partial charge in [0.05, 0.1) is 11.5 Å². The molecule has 9 heteroatoms. The maximum Gasteiger partial charge on any atom is 0.234 e. The number of benzene rings is 2. The summed E-state index contributed by atoms with van der Waals surface area (Å²) in [6.45, 7) is 6.72. The summed E-state index contributed by atoms with van der Waals surface area (Å²) in [6.07, 6.45) is 0. The Morgan fingerprint density at radius 3 is 2.45 bits per heavy atom. The summed E-state index contributed by atoms with van der Waals surface area (Å²) in [5, 5.41) is 12.3. The van der Waals surface area contributed by atoms with Crippen molar-refractivity contribution in [3.63, 3.8) is 0 Å². The second kappa shape index (κ2) is 11.2. The molecule has 0 aliphatic carbocycles. The number of amides is 1. The first kappa shape index (κ1) is 23.8. The van der Waals surface area contributed by atoms with E-state index in [1.165, 1.54) is 23.9 Å². The van der Waals surface area contributed by atoms with Gasteiger partial charge in [0.2, 0.25) is 5.91 Å². The molecule has 1 amide bonds. The molecule has 164 valence electrons. The standard InChI is InChI=1S/C22H24BrFN4OS2/c1-4-28-19(12-30-11-16-5-7-18(24)8-6-16)26-27-22(28)31-13-20(29)25-21-14(2)9-17(23)10-15(21)3/h5-10H,4,11-13H2,1-3H3,(H,25,29). The lowest BCUT2D eigenvalue weighted by molar-refractivity contribution is -0.113. The molecule has 0 saturated carbocycles. The maximum atomic E-state index is 13.0. The third-order valence-electron chi connectivity index (χ3n) is 4.62. The Balaban J connectivity index is 1.55. The molecule has 1 aromatic heterocycles. The molecular formula is C22H24BrFN4OS2. The van der Waals surface area contributed by atoms with Gasteiger partial charge >= 0.3 is 0 Å². The lowest BCUT2D eigenvalue weighted by Gasteiger charge is -2.12. The minimum atomic E-state index is -0.226. The predicted octanol–water partition coefficient (Wildman–Crippen LogP) is 5.98. The van der Waals surface area contributed by atoms with Gasteiger partial charge in [-0.3, -0.25) is 4.79 Å². The molecule has 2 aromatic carbocycles. The highest BCUT2D eigenvalue weighted by Crippen LogP contribution is 2.26. The molecule has 0 atom stereocenters. The van der Waals surface area contributed by atoms with Crippen LogP contribution >= 0.6 is 39.5 Å². The van der Waals surface area contributed by atoms with Crippen LogP contribution in [0.5, 0.6) is 0 Å². The van der Waals surface area contributed by atoms with Crippen LogP contribution in [0.2, 0.25) is 0 Å². The molecular weight excluding hydrogens is 499 g/mol. The van der Waals surface area contributed by atoms with Crippen molar-refractivity contribution in [3.8, 4) is 0 Å². The van der Waals surface area contributed by atoms with Crippen molar-refractivity contribution in [3.05, 3.63) is 69.2 Å². The molecule has 0 radical (unpaired) electrons. The lowest BCUT2D eigenvalue weighted by atomic mass is 10.1. The third kappa shape index (κ3) is 6.57. The van der Waals surface area contributed by atoms with Crippen LogP contribution in [-0.4, -0.2) is 26.4 Å². The zero-order valence-corrected chi connectivity index (χ0v) is 20.8. The number of hydrogen-bond donors (Lipinski definition) is 1. The average molecular weight is 523 g/mol. The second-order valence-electron chi connectivity index (χ2n) is 7.01.